The van der Waals surface area contributed by atoms with Crippen LogP contribution in [0, 0.1) is 0 Å². The number of nitrogens with one attached hydrogen (secondary N) is 1. The summed E-state index contributed by atoms with van der Waals surface area (Å²) in [6.07, 6.45) is 1.93. The number of para-hydroxylation sites is 1. The van der Waals surface area contributed by atoms with Gasteiger partial charge >= 0.3 is 0 Å². The Morgan fingerprint density at radius 2 is 2.04 bits per heavy atom. The topological polar surface area (TPSA) is 64.0 Å². The van der Waals surface area contributed by atoms with Crippen LogP contribution in [0.2, 0.25) is 0 Å². The van der Waals surface area contributed by atoms with Gasteiger partial charge in [-0.15, -0.1) is 0 Å². The van der Waals surface area contributed by atoms with Crippen LogP contribution in [0.25, 0.3) is 10.9 Å². The Morgan fingerprint density at radius 1 is 1.25 bits per heavy atom. The van der Waals surface area contributed by atoms with Crippen molar-refractivity contribution in [2.75, 3.05) is 5.32 Å². The molecule has 24 heavy (non-hydrogen) atoms. The zero-order chi connectivity index (χ0) is 17.1. The van der Waals surface area contributed by atoms with Crippen molar-refractivity contribution in [3.63, 3.8) is 0 Å². The highest BCUT2D eigenvalue weighted by atomic mass is 79.9. The number of rotatable bonds is 4. The van der Waals surface area contributed by atoms with Gasteiger partial charge in [-0.25, -0.2) is 4.98 Å². The standard InChI is InChI=1S/C18H16BrN3O2/c1-2-16(17(23)21-13-7-5-6-12(19)10-13)22-11-20-15-9-4-3-8-14(15)18(22)24/h3-11,16H,2H2,1H3,(H,21,23)/t16-/m0/s1. The van der Waals surface area contributed by atoms with E-state index >= 15 is 0 Å². The smallest absolute Gasteiger partial charge is 0.261 e. The Morgan fingerprint density at radius 3 is 2.79 bits per heavy atom. The molecule has 0 saturated carbocycles. The van der Waals surface area contributed by atoms with Crippen LogP contribution in [0.1, 0.15) is 19.4 Å². The van der Waals surface area contributed by atoms with Gasteiger partial charge in [0.25, 0.3) is 5.56 Å². The van der Waals surface area contributed by atoms with Gasteiger partial charge in [0.15, 0.2) is 0 Å². The predicted octanol–water partition coefficient (Wildman–Crippen LogP) is 3.75. The molecule has 0 radical (unpaired) electrons. The third-order valence-corrected chi connectivity index (χ3v) is 4.30. The van der Waals surface area contributed by atoms with E-state index in [1.807, 2.05) is 31.2 Å². The lowest BCUT2D eigenvalue weighted by molar-refractivity contribution is -0.119. The highest BCUT2D eigenvalue weighted by Gasteiger charge is 2.21. The molecule has 0 spiro atoms. The maximum atomic E-state index is 12.7. The fraction of sp³-hybridized carbons (Fsp3) is 0.167. The number of nitrogens with zero attached hydrogens (tertiary/aromatic N) is 2. The van der Waals surface area contributed by atoms with Gasteiger partial charge in [0, 0.05) is 10.2 Å². The van der Waals surface area contributed by atoms with Crippen molar-refractivity contribution in [1.29, 1.82) is 0 Å². The van der Waals surface area contributed by atoms with Crippen molar-refractivity contribution >= 4 is 38.4 Å². The molecule has 1 N–H and O–H groups in total. The molecule has 5 nitrogen and oxygen atoms in total. The van der Waals surface area contributed by atoms with Crippen LogP contribution in [0.3, 0.4) is 0 Å². The molecule has 0 aliphatic heterocycles. The molecule has 1 aromatic heterocycles. The number of fused-ring (bicyclic) bond motifs is 1. The van der Waals surface area contributed by atoms with Crippen LogP contribution in [0.4, 0.5) is 5.69 Å². The number of carbonyl (C=O) groups is 1. The first kappa shape index (κ1) is 16.4. The Kier molecular flexibility index (Phi) is 4.76. The third-order valence-electron chi connectivity index (χ3n) is 3.81. The number of hydrogen-bond acceptors (Lipinski definition) is 3. The lowest BCUT2D eigenvalue weighted by atomic mass is 10.1. The molecule has 122 valence electrons. The van der Waals surface area contributed by atoms with Gasteiger partial charge in [0.2, 0.25) is 5.91 Å². The first-order valence-electron chi connectivity index (χ1n) is 7.62. The number of hydrogen-bond donors (Lipinski definition) is 1. The number of benzene rings is 2. The first-order valence-corrected chi connectivity index (χ1v) is 8.41. The van der Waals surface area contributed by atoms with Gasteiger partial charge in [0.05, 0.1) is 17.2 Å². The van der Waals surface area contributed by atoms with Crippen molar-refractivity contribution in [3.8, 4) is 0 Å². The molecule has 1 amide bonds. The van der Waals surface area contributed by atoms with E-state index in [0.29, 0.717) is 23.0 Å². The van der Waals surface area contributed by atoms with Crippen molar-refractivity contribution in [2.45, 2.75) is 19.4 Å². The largest absolute Gasteiger partial charge is 0.324 e. The second-order valence-electron chi connectivity index (χ2n) is 5.40. The van der Waals surface area contributed by atoms with Gasteiger partial charge in [-0.1, -0.05) is 41.1 Å². The van der Waals surface area contributed by atoms with Crippen LogP contribution < -0.4 is 10.9 Å². The van der Waals surface area contributed by atoms with Crippen LogP contribution in [0.15, 0.2) is 64.1 Å². The number of amides is 1. The first-order chi connectivity index (χ1) is 11.6. The van der Waals surface area contributed by atoms with E-state index in [-0.39, 0.29) is 11.5 Å². The average molecular weight is 386 g/mol. The fourth-order valence-electron chi connectivity index (χ4n) is 2.61. The van der Waals surface area contributed by atoms with Gasteiger partial charge in [-0.05, 0) is 36.8 Å². The second-order valence-corrected chi connectivity index (χ2v) is 6.31. The molecule has 1 atom stereocenters. The van der Waals surface area contributed by atoms with Crippen molar-refractivity contribution in [1.82, 2.24) is 9.55 Å². The van der Waals surface area contributed by atoms with Crippen molar-refractivity contribution < 1.29 is 4.79 Å². The Bertz CT molecular complexity index is 952. The van der Waals surface area contributed by atoms with Crippen LogP contribution in [-0.2, 0) is 4.79 Å². The summed E-state index contributed by atoms with van der Waals surface area (Å²) in [6.45, 7) is 1.87. The summed E-state index contributed by atoms with van der Waals surface area (Å²) in [6, 6.07) is 13.8. The van der Waals surface area contributed by atoms with E-state index < -0.39 is 6.04 Å². The molecule has 1 heterocycles. The summed E-state index contributed by atoms with van der Waals surface area (Å²) in [5.41, 5.74) is 1.09. The summed E-state index contributed by atoms with van der Waals surface area (Å²) in [4.78, 5) is 29.6. The summed E-state index contributed by atoms with van der Waals surface area (Å²) in [5, 5.41) is 3.36. The minimum Gasteiger partial charge on any atom is -0.324 e. The number of carbonyl (C=O) groups excluding carboxylic acids is 1. The zero-order valence-corrected chi connectivity index (χ0v) is 14.7. The van der Waals surface area contributed by atoms with Gasteiger partial charge in [-0.2, -0.15) is 0 Å². The molecule has 3 rings (SSSR count). The van der Waals surface area contributed by atoms with E-state index in [1.54, 1.807) is 24.3 Å². The monoisotopic (exact) mass is 385 g/mol. The molecule has 0 unspecified atom stereocenters. The molecule has 3 aromatic rings. The minimum atomic E-state index is -0.617. The number of anilines is 1. The average Bonchev–Trinajstić information content (AvgIpc) is 2.58. The highest BCUT2D eigenvalue weighted by molar-refractivity contribution is 9.10. The van der Waals surface area contributed by atoms with Gasteiger partial charge in [0.1, 0.15) is 6.04 Å². The normalized spacial score (nSPS) is 12.1. The van der Waals surface area contributed by atoms with E-state index in [4.69, 9.17) is 0 Å². The Hall–Kier alpha value is -2.47. The summed E-state index contributed by atoms with van der Waals surface area (Å²) < 4.78 is 2.27. The minimum absolute atomic E-state index is 0.211. The molecular weight excluding hydrogens is 370 g/mol. The summed E-state index contributed by atoms with van der Waals surface area (Å²) in [5.74, 6) is -0.241. The van der Waals surface area contributed by atoms with E-state index in [1.165, 1.54) is 10.9 Å². The Labute approximate surface area is 147 Å². The highest BCUT2D eigenvalue weighted by Crippen LogP contribution is 2.18. The van der Waals surface area contributed by atoms with E-state index in [9.17, 15) is 9.59 Å². The van der Waals surface area contributed by atoms with E-state index in [0.717, 1.165) is 4.47 Å². The molecule has 0 aliphatic carbocycles. The molecule has 6 heteroatoms. The molecule has 0 aliphatic rings. The van der Waals surface area contributed by atoms with Crippen LogP contribution in [0.5, 0.6) is 0 Å². The van der Waals surface area contributed by atoms with Gasteiger partial charge in [-0.3, -0.25) is 14.2 Å². The Balaban J connectivity index is 1.95. The maximum Gasteiger partial charge on any atom is 0.261 e. The summed E-state index contributed by atoms with van der Waals surface area (Å²) >= 11 is 3.37. The second kappa shape index (κ2) is 6.97. The molecule has 0 bridgehead atoms. The lowest BCUT2D eigenvalue weighted by Gasteiger charge is -2.18. The van der Waals surface area contributed by atoms with Crippen LogP contribution >= 0.6 is 15.9 Å². The SMILES string of the molecule is CC[C@@H](C(=O)Nc1cccc(Br)c1)n1cnc2ccccc2c1=O. The lowest BCUT2D eigenvalue weighted by Crippen LogP contribution is -2.33. The number of aromatic nitrogens is 2. The maximum absolute atomic E-state index is 12.7. The number of halogens is 1. The zero-order valence-electron chi connectivity index (χ0n) is 13.1. The van der Waals surface area contributed by atoms with Crippen molar-refractivity contribution in [2.24, 2.45) is 0 Å². The molecular formula is C18H16BrN3O2. The van der Waals surface area contributed by atoms with E-state index in [2.05, 4.69) is 26.2 Å². The fourth-order valence-corrected chi connectivity index (χ4v) is 3.00. The predicted molar refractivity (Wildman–Crippen MR) is 98.1 cm³/mol. The van der Waals surface area contributed by atoms with Crippen molar-refractivity contribution in [3.05, 3.63) is 69.7 Å². The molecule has 0 saturated heterocycles. The molecule has 0 fully saturated rings. The van der Waals surface area contributed by atoms with Crippen LogP contribution in [-0.4, -0.2) is 15.5 Å². The molecule has 2 aromatic carbocycles. The quantitative estimate of drug-likeness (QED) is 0.743. The third kappa shape index (κ3) is 3.23. The van der Waals surface area contributed by atoms with Gasteiger partial charge < -0.3 is 5.32 Å². The summed E-state index contributed by atoms with van der Waals surface area (Å²) in [7, 11) is 0.